The van der Waals surface area contributed by atoms with Crippen LogP contribution in [0.25, 0.3) is 0 Å². The normalized spacial score (nSPS) is 11.8. The van der Waals surface area contributed by atoms with Crippen molar-refractivity contribution in [2.75, 3.05) is 32.1 Å². The molecule has 13 heavy (non-hydrogen) atoms. The maximum absolute atomic E-state index is 5.46. The predicted molar refractivity (Wildman–Crippen MR) is 60.4 cm³/mol. The number of halogens is 1. The molecule has 0 amide bonds. The molecule has 0 atom stereocenters. The predicted octanol–water partition coefficient (Wildman–Crippen LogP) is 1.54. The van der Waals surface area contributed by atoms with Gasteiger partial charge in [0.25, 0.3) is 0 Å². The number of hydrogen-bond acceptors (Lipinski definition) is 2. The molecule has 0 aliphatic rings. The zero-order valence-corrected chi connectivity index (χ0v) is 8.98. The summed E-state index contributed by atoms with van der Waals surface area (Å²) in [6, 6.07) is 0. The van der Waals surface area contributed by atoms with Crippen LogP contribution in [0.5, 0.6) is 0 Å². The molecule has 0 heterocycles. The number of hydrogen-bond donors (Lipinski definition) is 2. The van der Waals surface area contributed by atoms with Crippen LogP contribution in [0.1, 0.15) is 6.92 Å². The lowest BCUT2D eigenvalue weighted by Crippen LogP contribution is -2.15. The Morgan fingerprint density at radius 3 is 2.00 bits per heavy atom. The lowest BCUT2D eigenvalue weighted by molar-refractivity contribution is 0.791. The topological polar surface area (TPSA) is 24.1 Å². The van der Waals surface area contributed by atoms with Gasteiger partial charge in [0, 0.05) is 25.5 Å². The third kappa shape index (κ3) is 11.7. The first-order valence-corrected chi connectivity index (χ1v) is 5.22. The van der Waals surface area contributed by atoms with Gasteiger partial charge in [-0.2, -0.15) is 0 Å². The minimum absolute atomic E-state index is 0.595. The molecule has 0 saturated heterocycles. The maximum Gasteiger partial charge on any atom is 0.0404 e. The number of allylic oxidation sites excluding steroid dienone is 1. The van der Waals surface area contributed by atoms with Crippen molar-refractivity contribution in [1.29, 1.82) is 0 Å². The van der Waals surface area contributed by atoms with Crippen LogP contribution in [0.2, 0.25) is 0 Å². The fourth-order valence-electron chi connectivity index (χ4n) is 0.791. The third-order valence-electron chi connectivity index (χ3n) is 1.46. The van der Waals surface area contributed by atoms with Crippen LogP contribution in [-0.4, -0.2) is 32.1 Å². The minimum Gasteiger partial charge on any atom is -0.314 e. The molecule has 3 heteroatoms. The summed E-state index contributed by atoms with van der Waals surface area (Å²) in [6.45, 7) is 5.88. The number of likely N-dealkylation sites (N-methyl/N-ethyl adjacent to an activating group) is 1. The van der Waals surface area contributed by atoms with E-state index in [1.807, 2.05) is 12.2 Å². The summed E-state index contributed by atoms with van der Waals surface area (Å²) < 4.78 is 0. The summed E-state index contributed by atoms with van der Waals surface area (Å²) in [5.41, 5.74) is 0. The SMILES string of the molecule is CCNC/C=C\CNC/C=C\CCl. The van der Waals surface area contributed by atoms with E-state index in [1.54, 1.807) is 0 Å². The van der Waals surface area contributed by atoms with Crippen molar-refractivity contribution in [3.8, 4) is 0 Å². The van der Waals surface area contributed by atoms with Gasteiger partial charge in [-0.1, -0.05) is 31.2 Å². The van der Waals surface area contributed by atoms with E-state index in [9.17, 15) is 0 Å². The molecule has 2 N–H and O–H groups in total. The van der Waals surface area contributed by atoms with E-state index in [-0.39, 0.29) is 0 Å². The highest BCUT2D eigenvalue weighted by molar-refractivity contribution is 6.18. The van der Waals surface area contributed by atoms with E-state index in [0.29, 0.717) is 5.88 Å². The highest BCUT2D eigenvalue weighted by Gasteiger charge is 1.77. The molecule has 2 nitrogen and oxygen atoms in total. The summed E-state index contributed by atoms with van der Waals surface area (Å²) in [5.74, 6) is 0.595. The molecular formula is C10H19ClN2. The summed E-state index contributed by atoms with van der Waals surface area (Å²) in [7, 11) is 0. The van der Waals surface area contributed by atoms with Crippen LogP contribution in [0, 0.1) is 0 Å². The van der Waals surface area contributed by atoms with E-state index >= 15 is 0 Å². The van der Waals surface area contributed by atoms with Gasteiger partial charge in [-0.25, -0.2) is 0 Å². The minimum atomic E-state index is 0.595. The molecule has 0 spiro atoms. The largest absolute Gasteiger partial charge is 0.314 e. The number of alkyl halides is 1. The van der Waals surface area contributed by atoms with Crippen molar-refractivity contribution in [2.45, 2.75) is 6.92 Å². The molecule has 0 fully saturated rings. The molecule has 0 aromatic carbocycles. The van der Waals surface area contributed by atoms with Crippen LogP contribution in [0.3, 0.4) is 0 Å². The Labute approximate surface area is 86.0 Å². The summed E-state index contributed by atoms with van der Waals surface area (Å²) >= 11 is 5.46. The lowest BCUT2D eigenvalue weighted by atomic mass is 10.4. The molecule has 0 aromatic rings. The maximum atomic E-state index is 5.46. The van der Waals surface area contributed by atoms with Crippen LogP contribution in [0.4, 0.5) is 0 Å². The molecule has 0 radical (unpaired) electrons. The van der Waals surface area contributed by atoms with Gasteiger partial charge in [-0.05, 0) is 6.54 Å². The average molecular weight is 203 g/mol. The molecule has 76 valence electrons. The van der Waals surface area contributed by atoms with Crippen molar-refractivity contribution in [3.05, 3.63) is 24.3 Å². The van der Waals surface area contributed by atoms with E-state index < -0.39 is 0 Å². The monoisotopic (exact) mass is 202 g/mol. The zero-order chi connectivity index (χ0) is 9.78. The van der Waals surface area contributed by atoms with Crippen molar-refractivity contribution in [3.63, 3.8) is 0 Å². The molecule has 0 aliphatic carbocycles. The quantitative estimate of drug-likeness (QED) is 0.355. The van der Waals surface area contributed by atoms with Gasteiger partial charge < -0.3 is 10.6 Å². The van der Waals surface area contributed by atoms with Gasteiger partial charge in [0.2, 0.25) is 0 Å². The molecule has 0 aromatic heterocycles. The lowest BCUT2D eigenvalue weighted by Gasteiger charge is -1.95. The van der Waals surface area contributed by atoms with E-state index in [0.717, 1.165) is 26.2 Å². The highest BCUT2D eigenvalue weighted by Crippen LogP contribution is 1.76. The van der Waals surface area contributed by atoms with Gasteiger partial charge in [0.05, 0.1) is 0 Å². The molecule has 0 aliphatic heterocycles. The van der Waals surface area contributed by atoms with Gasteiger partial charge in [0.15, 0.2) is 0 Å². The Bertz CT molecular complexity index is 144. The standard InChI is InChI=1S/C10H19ClN2/c1-2-12-8-5-6-10-13-9-4-3-7-11/h3-6,12-13H,2,7-10H2,1H3/b4-3-,6-5-. The van der Waals surface area contributed by atoms with E-state index in [1.165, 1.54) is 0 Å². The van der Waals surface area contributed by atoms with E-state index in [2.05, 4.69) is 29.7 Å². The molecule has 0 saturated carbocycles. The second kappa shape index (κ2) is 11.7. The Morgan fingerprint density at radius 1 is 0.923 bits per heavy atom. The van der Waals surface area contributed by atoms with Crippen molar-refractivity contribution >= 4 is 11.6 Å². The molecular weight excluding hydrogens is 184 g/mol. The Kier molecular flexibility index (Phi) is 11.4. The first kappa shape index (κ1) is 12.7. The molecule has 0 bridgehead atoms. The average Bonchev–Trinajstić information content (AvgIpc) is 2.16. The van der Waals surface area contributed by atoms with Gasteiger partial charge in [-0.3, -0.25) is 0 Å². The molecule has 0 unspecified atom stereocenters. The fraction of sp³-hybridized carbons (Fsp3) is 0.600. The van der Waals surface area contributed by atoms with Crippen molar-refractivity contribution < 1.29 is 0 Å². The van der Waals surface area contributed by atoms with Gasteiger partial charge >= 0.3 is 0 Å². The Hall–Kier alpha value is -0.310. The van der Waals surface area contributed by atoms with Crippen LogP contribution in [-0.2, 0) is 0 Å². The summed E-state index contributed by atoms with van der Waals surface area (Å²) in [5, 5.41) is 6.45. The summed E-state index contributed by atoms with van der Waals surface area (Å²) in [6.07, 6.45) is 8.22. The number of rotatable bonds is 8. The smallest absolute Gasteiger partial charge is 0.0404 e. The Morgan fingerprint density at radius 2 is 1.46 bits per heavy atom. The summed E-state index contributed by atoms with van der Waals surface area (Å²) in [4.78, 5) is 0. The zero-order valence-electron chi connectivity index (χ0n) is 8.22. The number of nitrogens with one attached hydrogen (secondary N) is 2. The van der Waals surface area contributed by atoms with E-state index in [4.69, 9.17) is 11.6 Å². The van der Waals surface area contributed by atoms with Gasteiger partial charge in [-0.15, -0.1) is 11.6 Å². The molecule has 0 rings (SSSR count). The van der Waals surface area contributed by atoms with Crippen LogP contribution in [0.15, 0.2) is 24.3 Å². The van der Waals surface area contributed by atoms with Crippen LogP contribution >= 0.6 is 11.6 Å². The van der Waals surface area contributed by atoms with Gasteiger partial charge in [0.1, 0.15) is 0 Å². The Balaban J connectivity index is 3.06. The first-order valence-electron chi connectivity index (χ1n) is 4.69. The van der Waals surface area contributed by atoms with Crippen molar-refractivity contribution in [1.82, 2.24) is 10.6 Å². The second-order valence-electron chi connectivity index (χ2n) is 2.56. The van der Waals surface area contributed by atoms with Crippen molar-refractivity contribution in [2.24, 2.45) is 0 Å². The third-order valence-corrected chi connectivity index (χ3v) is 1.64. The fourth-order valence-corrected chi connectivity index (χ4v) is 0.917. The highest BCUT2D eigenvalue weighted by atomic mass is 35.5. The van der Waals surface area contributed by atoms with Crippen LogP contribution < -0.4 is 10.6 Å². The first-order chi connectivity index (χ1) is 6.41. The second-order valence-corrected chi connectivity index (χ2v) is 2.87.